The standard InChI is InChI=1S/C21H30O3/c1-19-5-4-14-16(17(19)11-7-12(11)18(19)23)13-8-15(13)21(24)9-10(22)3-6-20(14,21)2/h10-17,22,24H,3-9H2,1-2H3/t10-,11+,12-,13+,14-,15-,16+,17-,19-,20+,21+/m0/s1. The minimum Gasteiger partial charge on any atom is -0.393 e. The quantitative estimate of drug-likeness (QED) is 0.718. The van der Waals surface area contributed by atoms with Gasteiger partial charge in [0.25, 0.3) is 0 Å². The molecule has 0 unspecified atom stereocenters. The van der Waals surface area contributed by atoms with E-state index < -0.39 is 5.60 Å². The van der Waals surface area contributed by atoms with Crippen LogP contribution in [-0.4, -0.2) is 27.7 Å². The fourth-order valence-electron chi connectivity index (χ4n) is 8.83. The van der Waals surface area contributed by atoms with Gasteiger partial charge in [-0.25, -0.2) is 0 Å². The molecule has 0 heterocycles. The van der Waals surface area contributed by atoms with Gasteiger partial charge in [0.15, 0.2) is 0 Å². The second kappa shape index (κ2) is 3.96. The van der Waals surface area contributed by atoms with E-state index in [0.29, 0.717) is 53.6 Å². The molecule has 11 atom stereocenters. The van der Waals surface area contributed by atoms with Gasteiger partial charge in [-0.3, -0.25) is 4.79 Å². The van der Waals surface area contributed by atoms with E-state index in [1.807, 2.05) is 0 Å². The van der Waals surface area contributed by atoms with Gasteiger partial charge in [0.1, 0.15) is 5.78 Å². The predicted octanol–water partition coefficient (Wildman–Crippen LogP) is 2.79. The fraction of sp³-hybridized carbons (Fsp3) is 0.952. The fourth-order valence-corrected chi connectivity index (χ4v) is 8.83. The van der Waals surface area contributed by atoms with Crippen LogP contribution in [0.4, 0.5) is 0 Å². The second-order valence-corrected chi connectivity index (χ2v) is 10.8. The number of hydrogen-bond donors (Lipinski definition) is 2. The summed E-state index contributed by atoms with van der Waals surface area (Å²) >= 11 is 0. The third-order valence-corrected chi connectivity index (χ3v) is 10.1. The number of hydrogen-bond acceptors (Lipinski definition) is 3. The van der Waals surface area contributed by atoms with Crippen LogP contribution in [0.5, 0.6) is 0 Å². The zero-order valence-electron chi connectivity index (χ0n) is 14.9. The molecule has 0 aromatic carbocycles. The highest BCUT2D eigenvalue weighted by Gasteiger charge is 2.78. The van der Waals surface area contributed by atoms with Crippen molar-refractivity contribution in [3.05, 3.63) is 0 Å². The van der Waals surface area contributed by atoms with Gasteiger partial charge >= 0.3 is 0 Å². The van der Waals surface area contributed by atoms with Crippen molar-refractivity contribution in [2.75, 3.05) is 0 Å². The Hall–Kier alpha value is -0.410. The van der Waals surface area contributed by atoms with Crippen molar-refractivity contribution in [1.29, 1.82) is 0 Å². The van der Waals surface area contributed by atoms with E-state index in [-0.39, 0.29) is 16.9 Å². The number of carbonyl (C=O) groups is 1. The van der Waals surface area contributed by atoms with E-state index in [0.717, 1.165) is 38.5 Å². The van der Waals surface area contributed by atoms with Crippen LogP contribution in [0.15, 0.2) is 0 Å². The first-order chi connectivity index (χ1) is 11.3. The first-order valence-electron chi connectivity index (χ1n) is 10.3. The molecule has 2 N–H and O–H groups in total. The van der Waals surface area contributed by atoms with Gasteiger partial charge in [-0.1, -0.05) is 13.8 Å². The zero-order chi connectivity index (χ0) is 16.6. The maximum atomic E-state index is 12.9. The molecule has 0 radical (unpaired) electrons. The van der Waals surface area contributed by atoms with Gasteiger partial charge in [-0.15, -0.1) is 0 Å². The average molecular weight is 330 g/mol. The van der Waals surface area contributed by atoms with Crippen LogP contribution in [0, 0.1) is 52.3 Å². The Labute approximate surface area is 144 Å². The Kier molecular flexibility index (Phi) is 2.43. The number of aliphatic hydroxyl groups excluding tert-OH is 1. The Morgan fingerprint density at radius 2 is 1.83 bits per heavy atom. The van der Waals surface area contributed by atoms with Gasteiger partial charge in [-0.2, -0.15) is 0 Å². The van der Waals surface area contributed by atoms with E-state index in [1.165, 1.54) is 0 Å². The number of Topliss-reactive ketones (excluding diaryl/α,β-unsaturated/α-hetero) is 1. The second-order valence-electron chi connectivity index (χ2n) is 10.8. The van der Waals surface area contributed by atoms with E-state index >= 15 is 0 Å². The molecule has 132 valence electrons. The third kappa shape index (κ3) is 1.37. The lowest BCUT2D eigenvalue weighted by molar-refractivity contribution is -0.225. The molecule has 0 saturated heterocycles. The van der Waals surface area contributed by atoms with Crippen LogP contribution >= 0.6 is 0 Å². The summed E-state index contributed by atoms with van der Waals surface area (Å²) in [6.45, 7) is 4.60. The van der Waals surface area contributed by atoms with Crippen molar-refractivity contribution >= 4 is 5.78 Å². The van der Waals surface area contributed by atoms with Crippen LogP contribution < -0.4 is 0 Å². The van der Waals surface area contributed by atoms with Gasteiger partial charge in [-0.05, 0) is 79.4 Å². The van der Waals surface area contributed by atoms with E-state index in [1.54, 1.807) is 0 Å². The molecule has 0 bridgehead atoms. The Balaban J connectivity index is 1.45. The molecule has 0 aliphatic heterocycles. The van der Waals surface area contributed by atoms with Crippen molar-refractivity contribution in [2.45, 2.75) is 70.5 Å². The largest absolute Gasteiger partial charge is 0.393 e. The lowest BCUT2D eigenvalue weighted by Crippen LogP contribution is -2.64. The van der Waals surface area contributed by atoms with Crippen LogP contribution in [-0.2, 0) is 4.79 Å². The zero-order valence-corrected chi connectivity index (χ0v) is 14.9. The van der Waals surface area contributed by atoms with Crippen LogP contribution in [0.2, 0.25) is 0 Å². The SMILES string of the molecule is C[C@]12CC[C@H]3[C@@H]([C@@H]4C[C@@H]4[C@]4(O)C[C@@H](O)CC[C@]34C)[C@@H]1[C@@H]1C[C@@H]1C2=O. The summed E-state index contributed by atoms with van der Waals surface area (Å²) in [7, 11) is 0. The third-order valence-electron chi connectivity index (χ3n) is 10.1. The maximum Gasteiger partial charge on any atom is 0.142 e. The first-order valence-corrected chi connectivity index (χ1v) is 10.3. The molecule has 6 aliphatic rings. The molecule has 6 aliphatic carbocycles. The highest BCUT2D eigenvalue weighted by atomic mass is 16.3. The molecule has 24 heavy (non-hydrogen) atoms. The number of ketones is 1. The van der Waals surface area contributed by atoms with Crippen LogP contribution in [0.3, 0.4) is 0 Å². The lowest BCUT2D eigenvalue weighted by Gasteiger charge is -2.63. The maximum absolute atomic E-state index is 12.9. The van der Waals surface area contributed by atoms with Gasteiger partial charge in [0.05, 0.1) is 11.7 Å². The van der Waals surface area contributed by atoms with E-state index in [4.69, 9.17) is 0 Å². The molecule has 0 amide bonds. The molecule has 6 fully saturated rings. The van der Waals surface area contributed by atoms with Crippen molar-refractivity contribution in [3.8, 4) is 0 Å². The minimum atomic E-state index is -0.657. The Morgan fingerprint density at radius 1 is 1.04 bits per heavy atom. The molecule has 3 heteroatoms. The summed E-state index contributed by atoms with van der Waals surface area (Å²) in [4.78, 5) is 12.9. The van der Waals surface area contributed by atoms with E-state index in [2.05, 4.69) is 13.8 Å². The number of aliphatic hydroxyl groups is 2. The smallest absolute Gasteiger partial charge is 0.142 e. The van der Waals surface area contributed by atoms with E-state index in [9.17, 15) is 15.0 Å². The van der Waals surface area contributed by atoms with Crippen molar-refractivity contribution in [3.63, 3.8) is 0 Å². The molecular formula is C21H30O3. The number of carbonyl (C=O) groups excluding carboxylic acids is 1. The van der Waals surface area contributed by atoms with Crippen LogP contribution in [0.1, 0.15) is 58.8 Å². The van der Waals surface area contributed by atoms with Crippen molar-refractivity contribution < 1.29 is 15.0 Å². The Morgan fingerprint density at radius 3 is 2.62 bits per heavy atom. The average Bonchev–Trinajstić information content (AvgIpc) is 3.41. The van der Waals surface area contributed by atoms with Gasteiger partial charge in [0, 0.05) is 17.8 Å². The van der Waals surface area contributed by atoms with Gasteiger partial charge < -0.3 is 10.2 Å². The molecule has 0 aromatic rings. The summed E-state index contributed by atoms with van der Waals surface area (Å²) in [5, 5.41) is 21.9. The number of rotatable bonds is 0. The summed E-state index contributed by atoms with van der Waals surface area (Å²) in [5.74, 6) is 4.46. The summed E-state index contributed by atoms with van der Waals surface area (Å²) in [6, 6.07) is 0. The predicted molar refractivity (Wildman–Crippen MR) is 88.9 cm³/mol. The Bertz CT molecular complexity index is 645. The molecule has 6 saturated carbocycles. The van der Waals surface area contributed by atoms with Crippen LogP contribution in [0.25, 0.3) is 0 Å². The van der Waals surface area contributed by atoms with Crippen molar-refractivity contribution in [2.24, 2.45) is 52.3 Å². The summed E-state index contributed by atoms with van der Waals surface area (Å²) in [5.41, 5.74) is -0.760. The van der Waals surface area contributed by atoms with Gasteiger partial charge in [0.2, 0.25) is 0 Å². The lowest BCUT2D eigenvalue weighted by atomic mass is 9.43. The first kappa shape index (κ1) is 14.7. The molecule has 0 aromatic heterocycles. The monoisotopic (exact) mass is 330 g/mol. The number of fused-ring (bicyclic) bond motifs is 10. The van der Waals surface area contributed by atoms with Crippen molar-refractivity contribution in [1.82, 2.24) is 0 Å². The highest BCUT2D eigenvalue weighted by Crippen LogP contribution is 2.78. The summed E-state index contributed by atoms with van der Waals surface area (Å²) < 4.78 is 0. The molecule has 6 rings (SSSR count). The molecule has 3 nitrogen and oxygen atoms in total. The highest BCUT2D eigenvalue weighted by molar-refractivity contribution is 5.92. The normalized spacial score (nSPS) is 69.1. The molecular weight excluding hydrogens is 300 g/mol. The minimum absolute atomic E-state index is 0.0497. The summed E-state index contributed by atoms with van der Waals surface area (Å²) in [6.07, 6.45) is 6.50. The topological polar surface area (TPSA) is 57.5 Å². The molecule has 0 spiro atoms.